The molecule has 1 unspecified atom stereocenters. The zero-order chi connectivity index (χ0) is 12.4. The highest BCUT2D eigenvalue weighted by Gasteiger charge is 2.29. The molecule has 1 saturated heterocycles. The number of aromatic amines is 1. The molecule has 1 aliphatic carbocycles. The molecule has 1 amide bonds. The Labute approximate surface area is 131 Å². The summed E-state index contributed by atoms with van der Waals surface area (Å²) < 4.78 is 0. The highest BCUT2D eigenvalue weighted by atomic mass is 35.5. The van der Waals surface area contributed by atoms with Gasteiger partial charge in [0, 0.05) is 24.3 Å². The van der Waals surface area contributed by atoms with Gasteiger partial charge in [0.15, 0.2) is 0 Å². The molecule has 7 heteroatoms. The number of rotatable bonds is 4. The largest absolute Gasteiger partial charge is 0.334 e. The molecule has 2 N–H and O–H groups in total. The number of halogens is 2. The van der Waals surface area contributed by atoms with Crippen LogP contribution in [0.1, 0.15) is 43.7 Å². The number of hydrogen-bond acceptors (Lipinski definition) is 3. The molecule has 0 spiro atoms. The van der Waals surface area contributed by atoms with Crippen LogP contribution in [0.2, 0.25) is 0 Å². The molecule has 2 heterocycles. The normalized spacial score (nSPS) is 21.8. The van der Waals surface area contributed by atoms with Crippen LogP contribution in [0.5, 0.6) is 0 Å². The average Bonchev–Trinajstić information content (AvgIpc) is 3.08. The smallest absolute Gasteiger partial charge is 0.237 e. The Bertz CT molecular complexity index is 409. The predicted molar refractivity (Wildman–Crippen MR) is 82.4 cm³/mol. The van der Waals surface area contributed by atoms with Gasteiger partial charge in [0.25, 0.3) is 0 Å². The molecule has 1 aromatic heterocycles. The fourth-order valence-electron chi connectivity index (χ4n) is 2.64. The Morgan fingerprint density at radius 3 is 2.80 bits per heavy atom. The number of H-pyrrole nitrogens is 1. The van der Waals surface area contributed by atoms with E-state index in [2.05, 4.69) is 15.5 Å². The molecular weight excluding hydrogens is 299 g/mol. The third-order valence-electron chi connectivity index (χ3n) is 3.85. The predicted octanol–water partition coefficient (Wildman–Crippen LogP) is 2.06. The van der Waals surface area contributed by atoms with E-state index in [-0.39, 0.29) is 36.8 Å². The summed E-state index contributed by atoms with van der Waals surface area (Å²) in [4.78, 5) is 14.3. The number of hydrogen-bond donors (Lipinski definition) is 2. The molecule has 1 atom stereocenters. The number of aromatic nitrogens is 2. The van der Waals surface area contributed by atoms with E-state index in [1.807, 2.05) is 17.3 Å². The molecule has 3 rings (SSSR count). The maximum atomic E-state index is 12.3. The molecule has 2 fully saturated rings. The highest BCUT2D eigenvalue weighted by molar-refractivity contribution is 5.85. The van der Waals surface area contributed by atoms with Crippen LogP contribution in [-0.2, 0) is 4.79 Å². The van der Waals surface area contributed by atoms with E-state index in [0.717, 1.165) is 24.9 Å². The van der Waals surface area contributed by atoms with Crippen molar-refractivity contribution in [2.75, 3.05) is 13.1 Å². The number of piperidine rings is 1. The topological polar surface area (TPSA) is 61.0 Å². The summed E-state index contributed by atoms with van der Waals surface area (Å²) in [6, 6.07) is 0.803. The Morgan fingerprint density at radius 2 is 2.15 bits per heavy atom. The SMILES string of the molecule is Cl.Cl.O=C(CNC1CC1)N1CCCCC1c1cn[nH]c1. The van der Waals surface area contributed by atoms with Crippen molar-refractivity contribution in [2.45, 2.75) is 44.2 Å². The maximum absolute atomic E-state index is 12.3. The lowest BCUT2D eigenvalue weighted by Crippen LogP contribution is -2.43. The molecule has 0 aromatic carbocycles. The number of nitrogens with zero attached hydrogens (tertiary/aromatic N) is 2. The van der Waals surface area contributed by atoms with Crippen LogP contribution in [0.15, 0.2) is 12.4 Å². The average molecular weight is 321 g/mol. The van der Waals surface area contributed by atoms with E-state index in [1.54, 1.807) is 0 Å². The van der Waals surface area contributed by atoms with Crippen molar-refractivity contribution < 1.29 is 4.79 Å². The lowest BCUT2D eigenvalue weighted by atomic mass is 9.97. The van der Waals surface area contributed by atoms with Crippen molar-refractivity contribution in [3.63, 3.8) is 0 Å². The van der Waals surface area contributed by atoms with E-state index in [4.69, 9.17) is 0 Å². The zero-order valence-corrected chi connectivity index (χ0v) is 13.0. The van der Waals surface area contributed by atoms with E-state index >= 15 is 0 Å². The van der Waals surface area contributed by atoms with Crippen molar-refractivity contribution in [3.05, 3.63) is 18.0 Å². The minimum absolute atomic E-state index is 0. The van der Waals surface area contributed by atoms with Gasteiger partial charge in [0.1, 0.15) is 0 Å². The van der Waals surface area contributed by atoms with Gasteiger partial charge in [-0.3, -0.25) is 9.89 Å². The molecular formula is C13H22Cl2N4O. The van der Waals surface area contributed by atoms with Crippen molar-refractivity contribution in [3.8, 4) is 0 Å². The summed E-state index contributed by atoms with van der Waals surface area (Å²) in [5.74, 6) is 0.229. The van der Waals surface area contributed by atoms with Crippen molar-refractivity contribution in [1.29, 1.82) is 0 Å². The first-order valence-electron chi connectivity index (χ1n) is 6.86. The van der Waals surface area contributed by atoms with E-state index < -0.39 is 0 Å². The van der Waals surface area contributed by atoms with Crippen LogP contribution in [-0.4, -0.2) is 40.1 Å². The van der Waals surface area contributed by atoms with Gasteiger partial charge < -0.3 is 10.2 Å². The zero-order valence-electron chi connectivity index (χ0n) is 11.4. The number of nitrogens with one attached hydrogen (secondary N) is 2. The Hall–Kier alpha value is -0.780. The molecule has 5 nitrogen and oxygen atoms in total. The lowest BCUT2D eigenvalue weighted by molar-refractivity contribution is -0.134. The fraction of sp³-hybridized carbons (Fsp3) is 0.692. The minimum Gasteiger partial charge on any atom is -0.334 e. The Kier molecular flexibility index (Phi) is 6.79. The number of carbonyl (C=O) groups excluding carboxylic acids is 1. The summed E-state index contributed by atoms with van der Waals surface area (Å²) in [6.45, 7) is 1.36. The van der Waals surface area contributed by atoms with Crippen molar-refractivity contribution >= 4 is 30.7 Å². The molecule has 2 aliphatic rings. The quantitative estimate of drug-likeness (QED) is 0.892. The van der Waals surface area contributed by atoms with E-state index in [0.29, 0.717) is 12.6 Å². The molecule has 1 aromatic rings. The maximum Gasteiger partial charge on any atom is 0.237 e. The van der Waals surface area contributed by atoms with Crippen molar-refractivity contribution in [1.82, 2.24) is 20.4 Å². The van der Waals surface area contributed by atoms with Gasteiger partial charge in [0.05, 0.1) is 18.8 Å². The van der Waals surface area contributed by atoms with Crippen LogP contribution < -0.4 is 5.32 Å². The first-order chi connectivity index (χ1) is 8.84. The summed E-state index contributed by atoms with van der Waals surface area (Å²) >= 11 is 0. The Morgan fingerprint density at radius 1 is 1.35 bits per heavy atom. The molecule has 0 bridgehead atoms. The molecule has 114 valence electrons. The van der Waals surface area contributed by atoms with Crippen LogP contribution in [0, 0.1) is 0 Å². The molecule has 20 heavy (non-hydrogen) atoms. The Balaban J connectivity index is 0.000001000. The van der Waals surface area contributed by atoms with E-state index in [1.165, 1.54) is 19.3 Å². The summed E-state index contributed by atoms with van der Waals surface area (Å²) in [5.41, 5.74) is 1.13. The number of amides is 1. The van der Waals surface area contributed by atoms with Crippen LogP contribution >= 0.6 is 24.8 Å². The summed E-state index contributed by atoms with van der Waals surface area (Å²) in [6.07, 6.45) is 9.54. The number of likely N-dealkylation sites (tertiary alicyclic amines) is 1. The fourth-order valence-corrected chi connectivity index (χ4v) is 2.64. The first-order valence-corrected chi connectivity index (χ1v) is 6.86. The van der Waals surface area contributed by atoms with Gasteiger partial charge in [-0.15, -0.1) is 24.8 Å². The number of carbonyl (C=O) groups is 1. The van der Waals surface area contributed by atoms with Gasteiger partial charge in [-0.2, -0.15) is 5.10 Å². The van der Waals surface area contributed by atoms with Crippen molar-refractivity contribution in [2.24, 2.45) is 0 Å². The second-order valence-electron chi connectivity index (χ2n) is 5.29. The van der Waals surface area contributed by atoms with E-state index in [9.17, 15) is 4.79 Å². The summed E-state index contributed by atoms with van der Waals surface area (Å²) in [7, 11) is 0. The molecule has 1 aliphatic heterocycles. The van der Waals surface area contributed by atoms with Gasteiger partial charge in [-0.05, 0) is 32.1 Å². The third kappa shape index (κ3) is 4.11. The van der Waals surface area contributed by atoms with Crippen LogP contribution in [0.25, 0.3) is 0 Å². The molecule has 0 radical (unpaired) electrons. The third-order valence-corrected chi connectivity index (χ3v) is 3.85. The van der Waals surface area contributed by atoms with Gasteiger partial charge in [-0.1, -0.05) is 0 Å². The highest BCUT2D eigenvalue weighted by Crippen LogP contribution is 2.30. The van der Waals surface area contributed by atoms with Gasteiger partial charge in [-0.25, -0.2) is 0 Å². The van der Waals surface area contributed by atoms with Crippen LogP contribution in [0.3, 0.4) is 0 Å². The van der Waals surface area contributed by atoms with Gasteiger partial charge in [0.2, 0.25) is 5.91 Å². The molecule has 1 saturated carbocycles. The standard InChI is InChI=1S/C13H20N4O.2ClH/c18-13(9-14-11-4-5-11)17-6-2-1-3-12(17)10-7-15-16-8-10;;/h7-8,11-12,14H,1-6,9H2,(H,15,16);2*1H. The van der Waals surface area contributed by atoms with Crippen LogP contribution in [0.4, 0.5) is 0 Å². The monoisotopic (exact) mass is 320 g/mol. The second-order valence-corrected chi connectivity index (χ2v) is 5.29. The van der Waals surface area contributed by atoms with Gasteiger partial charge >= 0.3 is 0 Å². The lowest BCUT2D eigenvalue weighted by Gasteiger charge is -2.35. The second kappa shape index (κ2) is 7.86. The first kappa shape index (κ1) is 17.3. The summed E-state index contributed by atoms with van der Waals surface area (Å²) in [5, 5.41) is 10.1. The minimum atomic E-state index is 0.